The lowest BCUT2D eigenvalue weighted by Crippen LogP contribution is -2.19. The van der Waals surface area contributed by atoms with E-state index in [0.29, 0.717) is 11.4 Å². The van der Waals surface area contributed by atoms with Crippen LogP contribution in [0.15, 0.2) is 36.7 Å². The number of fused-ring (bicyclic) bond motifs is 1. The maximum absolute atomic E-state index is 15.1. The molecule has 4 N–H and O–H groups in total. The molecule has 0 saturated heterocycles. The third-order valence-corrected chi connectivity index (χ3v) is 6.06. The molecule has 4 rings (SSSR count). The summed E-state index contributed by atoms with van der Waals surface area (Å²) in [5, 5.41) is 13.4. The number of carbonyl (C=O) groups is 1. The lowest BCUT2D eigenvalue weighted by Gasteiger charge is -2.20. The molecule has 0 aliphatic carbocycles. The van der Waals surface area contributed by atoms with E-state index in [0.717, 1.165) is 6.07 Å². The summed E-state index contributed by atoms with van der Waals surface area (Å²) < 4.78 is 29.7. The molecular weight excluding hydrogens is 490 g/mol. The summed E-state index contributed by atoms with van der Waals surface area (Å²) in [6, 6.07) is 4.37. The average molecular weight is 513 g/mol. The van der Waals surface area contributed by atoms with E-state index >= 15 is 4.39 Å². The van der Waals surface area contributed by atoms with Gasteiger partial charge in [0.25, 0.3) is 0 Å². The predicted octanol–water partition coefficient (Wildman–Crippen LogP) is 4.83. The minimum atomic E-state index is -1.27. The summed E-state index contributed by atoms with van der Waals surface area (Å²) in [7, 11) is 0. The summed E-state index contributed by atoms with van der Waals surface area (Å²) in [6.07, 6.45) is 2.72. The van der Waals surface area contributed by atoms with Gasteiger partial charge in [0.15, 0.2) is 11.6 Å². The molecule has 36 heavy (non-hydrogen) atoms. The quantitative estimate of drug-likeness (QED) is 0.338. The first-order valence-electron chi connectivity index (χ1n) is 10.9. The zero-order valence-corrected chi connectivity index (χ0v) is 20.7. The van der Waals surface area contributed by atoms with Crippen LogP contribution in [-0.2, 0) is 5.60 Å². The number of rotatable bonds is 6. The smallest absolute Gasteiger partial charge is 0.248 e. The number of nitrogens with one attached hydrogen (secondary N) is 1. The first kappa shape index (κ1) is 25.3. The summed E-state index contributed by atoms with van der Waals surface area (Å²) >= 11 is 6.56. The zero-order valence-electron chi connectivity index (χ0n) is 19.9. The van der Waals surface area contributed by atoms with E-state index in [4.69, 9.17) is 17.3 Å². The fourth-order valence-corrected chi connectivity index (χ4v) is 3.87. The highest BCUT2D eigenvalue weighted by molar-refractivity contribution is 6.35. The lowest BCUT2D eigenvalue weighted by atomic mass is 10.0. The van der Waals surface area contributed by atoms with Crippen molar-refractivity contribution in [3.05, 3.63) is 76.0 Å². The topological polar surface area (TPSA) is 127 Å². The Bertz CT molecular complexity index is 1490. The number of anilines is 1. The van der Waals surface area contributed by atoms with Crippen molar-refractivity contribution in [2.24, 2.45) is 5.73 Å². The Kier molecular flexibility index (Phi) is 6.59. The Labute approximate surface area is 210 Å². The number of primary amides is 1. The zero-order chi connectivity index (χ0) is 26.4. The molecule has 0 aliphatic heterocycles. The van der Waals surface area contributed by atoms with Gasteiger partial charge < -0.3 is 16.2 Å². The van der Waals surface area contributed by atoms with Gasteiger partial charge >= 0.3 is 0 Å². The maximum atomic E-state index is 15.1. The van der Waals surface area contributed by atoms with Crippen molar-refractivity contribution in [3.63, 3.8) is 0 Å². The molecule has 1 amide bonds. The Balaban J connectivity index is 1.83. The third kappa shape index (κ3) is 4.82. The van der Waals surface area contributed by atoms with Crippen LogP contribution in [0.1, 0.15) is 54.3 Å². The standard InChI is InChI=1S/C25H23ClF2N6O2/c1-11(15-7-13(23(29)35)5-6-16(15)27)33-22-19(26)12(2)32-18-8-17(28)20(34-21(18)22)14-9-30-24(31-10-14)25(3,4)36/h5-11,36H,1-4H3,(H2,29,35)(H,32,33). The van der Waals surface area contributed by atoms with E-state index in [1.165, 1.54) is 44.4 Å². The van der Waals surface area contributed by atoms with Gasteiger partial charge in [-0.25, -0.2) is 28.7 Å². The SMILES string of the molecule is Cc1nc2cc(F)c(-c3cnc(C(C)(C)O)nc3)nc2c(NC(C)c2cc(C(N)=O)ccc2F)c1Cl. The Hall–Kier alpha value is -3.76. The minimum Gasteiger partial charge on any atom is -0.382 e. The van der Waals surface area contributed by atoms with Crippen LogP contribution in [0, 0.1) is 18.6 Å². The first-order valence-corrected chi connectivity index (χ1v) is 11.3. The Morgan fingerprint density at radius 2 is 1.81 bits per heavy atom. The van der Waals surface area contributed by atoms with Crippen molar-refractivity contribution in [3.8, 4) is 11.3 Å². The normalized spacial score (nSPS) is 12.6. The second-order valence-corrected chi connectivity index (χ2v) is 9.27. The monoisotopic (exact) mass is 512 g/mol. The fourth-order valence-electron chi connectivity index (χ4n) is 3.69. The van der Waals surface area contributed by atoms with Crippen LogP contribution in [0.5, 0.6) is 0 Å². The number of nitrogens with two attached hydrogens (primary N) is 1. The Morgan fingerprint density at radius 1 is 1.14 bits per heavy atom. The molecule has 0 spiro atoms. The lowest BCUT2D eigenvalue weighted by molar-refractivity contribution is 0.0687. The van der Waals surface area contributed by atoms with Gasteiger partial charge in [0, 0.05) is 35.2 Å². The van der Waals surface area contributed by atoms with Crippen molar-refractivity contribution in [2.75, 3.05) is 5.32 Å². The van der Waals surface area contributed by atoms with Gasteiger partial charge in [-0.2, -0.15) is 0 Å². The van der Waals surface area contributed by atoms with Crippen LogP contribution in [0.25, 0.3) is 22.3 Å². The molecule has 3 aromatic heterocycles. The van der Waals surface area contributed by atoms with E-state index in [-0.39, 0.29) is 44.3 Å². The van der Waals surface area contributed by atoms with E-state index in [1.54, 1.807) is 13.8 Å². The van der Waals surface area contributed by atoms with E-state index < -0.39 is 29.2 Å². The highest BCUT2D eigenvalue weighted by Gasteiger charge is 2.22. The van der Waals surface area contributed by atoms with Gasteiger partial charge in [0.05, 0.1) is 28.0 Å². The summed E-state index contributed by atoms with van der Waals surface area (Å²) in [6.45, 7) is 6.40. The number of aliphatic hydroxyl groups is 1. The van der Waals surface area contributed by atoms with Crippen molar-refractivity contribution >= 4 is 34.2 Å². The molecule has 186 valence electrons. The molecule has 1 aromatic carbocycles. The Morgan fingerprint density at radius 3 is 2.42 bits per heavy atom. The minimum absolute atomic E-state index is 0.0517. The molecule has 3 heterocycles. The van der Waals surface area contributed by atoms with Crippen molar-refractivity contribution < 1.29 is 18.7 Å². The van der Waals surface area contributed by atoms with Crippen molar-refractivity contribution in [1.29, 1.82) is 0 Å². The van der Waals surface area contributed by atoms with E-state index in [9.17, 15) is 14.3 Å². The van der Waals surface area contributed by atoms with Crippen LogP contribution < -0.4 is 11.1 Å². The van der Waals surface area contributed by atoms with Crippen LogP contribution in [-0.4, -0.2) is 30.9 Å². The molecule has 8 nitrogen and oxygen atoms in total. The number of pyridine rings is 2. The summed E-state index contributed by atoms with van der Waals surface area (Å²) in [5.41, 5.74) is 5.83. The van der Waals surface area contributed by atoms with Crippen LogP contribution in [0.3, 0.4) is 0 Å². The molecule has 1 unspecified atom stereocenters. The molecule has 1 atom stereocenters. The van der Waals surface area contributed by atoms with Crippen LogP contribution in [0.2, 0.25) is 5.02 Å². The number of aromatic nitrogens is 4. The number of hydrogen-bond acceptors (Lipinski definition) is 7. The molecular formula is C25H23ClF2N6O2. The number of amides is 1. The third-order valence-electron chi connectivity index (χ3n) is 5.60. The predicted molar refractivity (Wildman–Crippen MR) is 132 cm³/mol. The number of aryl methyl sites for hydroxylation is 1. The average Bonchev–Trinajstić information content (AvgIpc) is 2.81. The molecule has 0 fully saturated rings. The largest absolute Gasteiger partial charge is 0.382 e. The van der Waals surface area contributed by atoms with Crippen LogP contribution >= 0.6 is 11.6 Å². The first-order chi connectivity index (χ1) is 16.9. The highest BCUT2D eigenvalue weighted by Crippen LogP contribution is 2.36. The molecule has 0 radical (unpaired) electrons. The maximum Gasteiger partial charge on any atom is 0.248 e. The molecule has 11 heteroatoms. The number of halogens is 3. The number of hydrogen-bond donors (Lipinski definition) is 3. The molecule has 0 bridgehead atoms. The van der Waals surface area contributed by atoms with Crippen molar-refractivity contribution in [2.45, 2.75) is 39.3 Å². The summed E-state index contributed by atoms with van der Waals surface area (Å²) in [5.74, 6) is -1.72. The number of nitrogens with zero attached hydrogens (tertiary/aromatic N) is 4. The second kappa shape index (κ2) is 9.36. The van der Waals surface area contributed by atoms with Gasteiger partial charge in [0.1, 0.15) is 22.6 Å². The van der Waals surface area contributed by atoms with Gasteiger partial charge in [-0.1, -0.05) is 11.6 Å². The highest BCUT2D eigenvalue weighted by atomic mass is 35.5. The van der Waals surface area contributed by atoms with Crippen LogP contribution in [0.4, 0.5) is 14.5 Å². The fraction of sp³-hybridized carbons (Fsp3) is 0.240. The molecule has 0 aliphatic rings. The molecule has 0 saturated carbocycles. The van der Waals surface area contributed by atoms with Gasteiger partial charge in [-0.05, 0) is 45.9 Å². The van der Waals surface area contributed by atoms with Gasteiger partial charge in [-0.15, -0.1) is 0 Å². The number of benzene rings is 1. The summed E-state index contributed by atoms with van der Waals surface area (Å²) in [4.78, 5) is 28.6. The second-order valence-electron chi connectivity index (χ2n) is 8.89. The van der Waals surface area contributed by atoms with E-state index in [1.807, 2.05) is 0 Å². The van der Waals surface area contributed by atoms with E-state index in [2.05, 4.69) is 25.3 Å². The molecule has 4 aromatic rings. The van der Waals surface area contributed by atoms with Gasteiger partial charge in [0.2, 0.25) is 5.91 Å². The van der Waals surface area contributed by atoms with Gasteiger partial charge in [-0.3, -0.25) is 4.79 Å². The number of carbonyl (C=O) groups excluding carboxylic acids is 1. The van der Waals surface area contributed by atoms with Crippen molar-refractivity contribution in [1.82, 2.24) is 19.9 Å².